The smallest absolute Gasteiger partial charge is 0.398 e. The summed E-state index contributed by atoms with van der Waals surface area (Å²) in [5, 5.41) is 14.1. The van der Waals surface area contributed by atoms with E-state index in [1.807, 2.05) is 5.10 Å². The van der Waals surface area contributed by atoms with Crippen molar-refractivity contribution in [3.05, 3.63) is 41.2 Å². The third-order valence-electron chi connectivity index (χ3n) is 5.32. The van der Waals surface area contributed by atoms with Crippen LogP contribution < -0.4 is 5.73 Å². The number of nitrogens with one attached hydrogen (secondary N) is 2. The number of alkyl halides is 3. The summed E-state index contributed by atoms with van der Waals surface area (Å²) in [6, 6.07) is 4.99. The van der Waals surface area contributed by atoms with E-state index in [-0.39, 0.29) is 11.3 Å². The highest BCUT2D eigenvalue weighted by atomic mass is 19.4. The van der Waals surface area contributed by atoms with Gasteiger partial charge in [-0.05, 0) is 49.7 Å². The van der Waals surface area contributed by atoms with Gasteiger partial charge in [0.25, 0.3) is 0 Å². The molecular weight excluding hydrogens is 381 g/mol. The predicted octanol–water partition coefficient (Wildman–Crippen LogP) is 4.21. The van der Waals surface area contributed by atoms with Gasteiger partial charge >= 0.3 is 6.18 Å². The van der Waals surface area contributed by atoms with Gasteiger partial charge in [0.2, 0.25) is 0 Å². The van der Waals surface area contributed by atoms with Crippen molar-refractivity contribution in [2.24, 2.45) is 0 Å². The molecular formula is C20H21F3N6. The molecule has 2 aromatic heterocycles. The van der Waals surface area contributed by atoms with Crippen molar-refractivity contribution >= 4 is 22.8 Å². The molecule has 0 radical (unpaired) electrons. The van der Waals surface area contributed by atoms with E-state index in [0.717, 1.165) is 37.7 Å². The predicted molar refractivity (Wildman–Crippen MR) is 106 cm³/mol. The summed E-state index contributed by atoms with van der Waals surface area (Å²) in [5.74, 6) is 0. The molecule has 1 aromatic carbocycles. The number of rotatable bonds is 4. The number of nitrogens with two attached hydrogens (primary N) is 1. The van der Waals surface area contributed by atoms with E-state index in [1.54, 1.807) is 18.2 Å². The van der Waals surface area contributed by atoms with Crippen LogP contribution in [0.1, 0.15) is 36.1 Å². The number of nitrogen functional groups attached to an aromatic ring is 1. The van der Waals surface area contributed by atoms with Gasteiger partial charge in [0.1, 0.15) is 5.69 Å². The molecule has 4 N–H and O–H groups in total. The van der Waals surface area contributed by atoms with Crippen molar-refractivity contribution in [1.29, 1.82) is 5.41 Å². The van der Waals surface area contributed by atoms with E-state index in [0.29, 0.717) is 28.7 Å². The van der Waals surface area contributed by atoms with Crippen molar-refractivity contribution in [1.82, 2.24) is 20.1 Å². The number of nitrogens with zero attached hydrogens (tertiary/aromatic N) is 3. The number of halogens is 3. The van der Waals surface area contributed by atoms with Crippen molar-refractivity contribution in [2.75, 3.05) is 18.8 Å². The topological polar surface area (TPSA) is 94.7 Å². The molecule has 0 atom stereocenters. The SMILES string of the molecule is N=Cc1c(N)ccc2nc(-c3cn[nH]c3C(F)(F)F)cc(CN3CCCCC3)c12. The molecule has 3 aromatic rings. The lowest BCUT2D eigenvalue weighted by molar-refractivity contribution is -0.140. The van der Waals surface area contributed by atoms with Crippen LogP contribution in [-0.2, 0) is 12.7 Å². The number of anilines is 1. The number of aromatic nitrogens is 3. The molecule has 0 aliphatic carbocycles. The number of pyridine rings is 1. The number of hydrogen-bond acceptors (Lipinski definition) is 5. The maximum Gasteiger partial charge on any atom is 0.433 e. The van der Waals surface area contributed by atoms with Gasteiger partial charge in [-0.2, -0.15) is 18.3 Å². The first-order valence-electron chi connectivity index (χ1n) is 9.44. The molecule has 1 aliphatic heterocycles. The Labute approximate surface area is 165 Å². The maximum absolute atomic E-state index is 13.4. The third kappa shape index (κ3) is 3.69. The number of likely N-dealkylation sites (tertiary alicyclic amines) is 1. The zero-order chi connectivity index (χ0) is 20.6. The second-order valence-corrected chi connectivity index (χ2v) is 7.27. The van der Waals surface area contributed by atoms with Gasteiger partial charge in [-0.1, -0.05) is 6.42 Å². The molecule has 1 fully saturated rings. The standard InChI is InChI=1S/C20H21F3N6/c21-20(22,23)19-14(10-26-28-19)17-8-12(11-29-6-2-1-3-7-29)18-13(9-24)15(25)4-5-16(18)27-17/h4-5,8-10,24H,1-3,6-7,11,25H2,(H,26,28). The molecule has 6 nitrogen and oxygen atoms in total. The number of benzene rings is 1. The van der Waals surface area contributed by atoms with Gasteiger partial charge in [0, 0.05) is 29.4 Å². The quantitative estimate of drug-likeness (QED) is 0.450. The Hall–Kier alpha value is -2.94. The first-order valence-corrected chi connectivity index (χ1v) is 9.44. The molecule has 4 rings (SSSR count). The minimum absolute atomic E-state index is 0.0903. The van der Waals surface area contributed by atoms with Crippen LogP contribution in [0.4, 0.5) is 18.9 Å². The summed E-state index contributed by atoms with van der Waals surface area (Å²) >= 11 is 0. The Kier molecular flexibility index (Phi) is 4.99. The molecule has 9 heteroatoms. The fourth-order valence-corrected chi connectivity index (χ4v) is 3.93. The molecule has 0 spiro atoms. The van der Waals surface area contributed by atoms with E-state index in [1.165, 1.54) is 12.6 Å². The first kappa shape index (κ1) is 19.4. The van der Waals surface area contributed by atoms with Crippen LogP contribution in [0.25, 0.3) is 22.2 Å². The average Bonchev–Trinajstić information content (AvgIpc) is 3.19. The molecule has 29 heavy (non-hydrogen) atoms. The highest BCUT2D eigenvalue weighted by Crippen LogP contribution is 2.37. The lowest BCUT2D eigenvalue weighted by Gasteiger charge is -2.27. The minimum atomic E-state index is -4.56. The average molecular weight is 402 g/mol. The zero-order valence-corrected chi connectivity index (χ0v) is 15.7. The van der Waals surface area contributed by atoms with Gasteiger partial charge in [0.05, 0.1) is 23.0 Å². The Morgan fingerprint density at radius 2 is 1.97 bits per heavy atom. The normalized spacial score (nSPS) is 15.7. The van der Waals surface area contributed by atoms with Crippen LogP contribution in [0, 0.1) is 5.41 Å². The van der Waals surface area contributed by atoms with Crippen molar-refractivity contribution in [2.45, 2.75) is 32.0 Å². The number of H-pyrrole nitrogens is 1. The van der Waals surface area contributed by atoms with Crippen molar-refractivity contribution < 1.29 is 13.2 Å². The van der Waals surface area contributed by atoms with Crippen LogP contribution in [0.3, 0.4) is 0 Å². The van der Waals surface area contributed by atoms with Crippen molar-refractivity contribution in [3.63, 3.8) is 0 Å². The summed E-state index contributed by atoms with van der Waals surface area (Å²) in [6.45, 7) is 2.43. The fourth-order valence-electron chi connectivity index (χ4n) is 3.93. The molecule has 0 bridgehead atoms. The summed E-state index contributed by atoms with van der Waals surface area (Å²) in [7, 11) is 0. The fraction of sp³-hybridized carbons (Fsp3) is 0.350. The largest absolute Gasteiger partial charge is 0.433 e. The van der Waals surface area contributed by atoms with E-state index in [9.17, 15) is 13.2 Å². The highest BCUT2D eigenvalue weighted by molar-refractivity contribution is 6.04. The highest BCUT2D eigenvalue weighted by Gasteiger charge is 2.36. The van der Waals surface area contributed by atoms with Gasteiger partial charge in [-0.25, -0.2) is 4.98 Å². The Bertz CT molecular complexity index is 1050. The van der Waals surface area contributed by atoms with Gasteiger partial charge in [-0.15, -0.1) is 0 Å². The van der Waals surface area contributed by atoms with E-state index < -0.39 is 11.9 Å². The Morgan fingerprint density at radius 3 is 2.66 bits per heavy atom. The lowest BCUT2D eigenvalue weighted by Crippen LogP contribution is -2.29. The van der Waals surface area contributed by atoms with Crippen LogP contribution >= 0.6 is 0 Å². The van der Waals surface area contributed by atoms with Crippen molar-refractivity contribution in [3.8, 4) is 11.3 Å². The van der Waals surface area contributed by atoms with Gasteiger partial charge in [0.15, 0.2) is 0 Å². The van der Waals surface area contributed by atoms with Crippen LogP contribution in [-0.4, -0.2) is 39.4 Å². The first-order chi connectivity index (χ1) is 13.9. The zero-order valence-electron chi connectivity index (χ0n) is 15.7. The van der Waals surface area contributed by atoms with Gasteiger partial charge < -0.3 is 11.1 Å². The molecule has 3 heterocycles. The minimum Gasteiger partial charge on any atom is -0.398 e. The van der Waals surface area contributed by atoms with Crippen LogP contribution in [0.15, 0.2) is 24.4 Å². The van der Waals surface area contributed by atoms with E-state index >= 15 is 0 Å². The summed E-state index contributed by atoms with van der Waals surface area (Å²) in [5.41, 5.74) is 7.55. The molecule has 0 unspecified atom stereocenters. The van der Waals surface area contributed by atoms with Crippen LogP contribution in [0.5, 0.6) is 0 Å². The number of piperidine rings is 1. The van der Waals surface area contributed by atoms with E-state index in [2.05, 4.69) is 15.0 Å². The van der Waals surface area contributed by atoms with Gasteiger partial charge in [-0.3, -0.25) is 10.00 Å². The Morgan fingerprint density at radius 1 is 1.21 bits per heavy atom. The monoisotopic (exact) mass is 402 g/mol. The Balaban J connectivity index is 1.91. The molecule has 0 saturated carbocycles. The summed E-state index contributed by atoms with van der Waals surface area (Å²) < 4.78 is 40.1. The summed E-state index contributed by atoms with van der Waals surface area (Å²) in [4.78, 5) is 6.73. The second-order valence-electron chi connectivity index (χ2n) is 7.27. The molecule has 1 aliphatic rings. The lowest BCUT2D eigenvalue weighted by atomic mass is 9.98. The molecule has 1 saturated heterocycles. The number of aromatic amines is 1. The third-order valence-corrected chi connectivity index (χ3v) is 5.32. The van der Waals surface area contributed by atoms with E-state index in [4.69, 9.17) is 11.1 Å². The molecule has 152 valence electrons. The molecule has 0 amide bonds. The number of fused-ring (bicyclic) bond motifs is 1. The maximum atomic E-state index is 13.4. The van der Waals surface area contributed by atoms with Crippen LogP contribution in [0.2, 0.25) is 0 Å². The summed E-state index contributed by atoms with van der Waals surface area (Å²) in [6.07, 6.45) is 1.14. The number of hydrogen-bond donors (Lipinski definition) is 3. The second kappa shape index (κ2) is 7.47.